The molecule has 0 N–H and O–H groups in total. The Hall–Kier alpha value is -1.16. The number of methoxy groups -OCH3 is 1. The minimum atomic E-state index is 0.665. The lowest BCUT2D eigenvalue weighted by molar-refractivity contribution is 0.413. The number of rotatable bonds is 1. The maximum atomic E-state index is 4.97. The van der Waals surface area contributed by atoms with Gasteiger partial charge in [0.1, 0.15) is 0 Å². The Morgan fingerprint density at radius 1 is 1.55 bits per heavy atom. The summed E-state index contributed by atoms with van der Waals surface area (Å²) in [6.45, 7) is 0. The third-order valence-electron chi connectivity index (χ3n) is 1.32. The number of aromatic nitrogens is 2. The first-order valence-electron chi connectivity index (χ1n) is 3.15. The molecule has 2 aromatic rings. The fourth-order valence-electron chi connectivity index (χ4n) is 0.837. The molecule has 0 bridgehead atoms. The van der Waals surface area contributed by atoms with Crippen molar-refractivity contribution in [2.24, 2.45) is 0 Å². The van der Waals surface area contributed by atoms with Crippen molar-refractivity contribution < 1.29 is 4.74 Å². The van der Waals surface area contributed by atoms with Crippen molar-refractivity contribution in [3.8, 4) is 5.19 Å². The van der Waals surface area contributed by atoms with Gasteiger partial charge in [0.15, 0.2) is 5.65 Å². The second-order valence-electron chi connectivity index (χ2n) is 2.01. The Morgan fingerprint density at radius 3 is 3.18 bits per heavy atom. The zero-order valence-electron chi connectivity index (χ0n) is 5.94. The van der Waals surface area contributed by atoms with Crippen LogP contribution in [0.25, 0.3) is 10.3 Å². The molecule has 56 valence electrons. The molecule has 3 nitrogen and oxygen atoms in total. The SMILES string of the molecule is COc1nc2ncccc2s1. The first-order chi connectivity index (χ1) is 5.40. The summed E-state index contributed by atoms with van der Waals surface area (Å²) in [5.41, 5.74) is 0.759. The van der Waals surface area contributed by atoms with Crippen LogP contribution >= 0.6 is 11.3 Å². The molecule has 0 saturated heterocycles. The van der Waals surface area contributed by atoms with E-state index in [0.29, 0.717) is 5.19 Å². The molecule has 0 aromatic carbocycles. The first kappa shape index (κ1) is 6.54. The Balaban J connectivity index is 2.69. The summed E-state index contributed by atoms with van der Waals surface area (Å²) in [4.78, 5) is 8.19. The van der Waals surface area contributed by atoms with Gasteiger partial charge in [-0.25, -0.2) is 4.98 Å². The molecule has 0 unspecified atom stereocenters. The summed E-state index contributed by atoms with van der Waals surface area (Å²) in [6, 6.07) is 3.86. The number of pyridine rings is 1. The number of nitrogens with zero attached hydrogens (tertiary/aromatic N) is 2. The van der Waals surface area contributed by atoms with Crippen LogP contribution in [0.15, 0.2) is 18.3 Å². The topological polar surface area (TPSA) is 35.0 Å². The van der Waals surface area contributed by atoms with Crippen molar-refractivity contribution in [1.29, 1.82) is 0 Å². The van der Waals surface area contributed by atoms with Gasteiger partial charge in [-0.1, -0.05) is 11.3 Å². The van der Waals surface area contributed by atoms with Gasteiger partial charge in [0, 0.05) is 6.20 Å². The minimum Gasteiger partial charge on any atom is -0.473 e. The van der Waals surface area contributed by atoms with E-state index in [-0.39, 0.29) is 0 Å². The van der Waals surface area contributed by atoms with Crippen LogP contribution in [-0.4, -0.2) is 17.1 Å². The van der Waals surface area contributed by atoms with Crippen molar-refractivity contribution in [2.75, 3.05) is 7.11 Å². The summed E-state index contributed by atoms with van der Waals surface area (Å²) in [5, 5.41) is 0.665. The van der Waals surface area contributed by atoms with Gasteiger partial charge in [-0.05, 0) is 12.1 Å². The van der Waals surface area contributed by atoms with E-state index in [1.807, 2.05) is 12.1 Å². The molecule has 4 heteroatoms. The fourth-order valence-corrected chi connectivity index (χ4v) is 1.58. The van der Waals surface area contributed by atoms with E-state index in [1.165, 1.54) is 11.3 Å². The van der Waals surface area contributed by atoms with Crippen LogP contribution in [-0.2, 0) is 0 Å². The molecular formula is C7H6N2OS. The van der Waals surface area contributed by atoms with Crippen LogP contribution in [0.3, 0.4) is 0 Å². The number of thiazole rings is 1. The third-order valence-corrected chi connectivity index (χ3v) is 2.29. The van der Waals surface area contributed by atoms with Crippen LogP contribution in [0, 0.1) is 0 Å². The van der Waals surface area contributed by atoms with Gasteiger partial charge in [-0.3, -0.25) is 0 Å². The molecule has 0 aliphatic rings. The molecule has 0 atom stereocenters. The molecule has 0 spiro atoms. The zero-order valence-corrected chi connectivity index (χ0v) is 6.76. The highest BCUT2D eigenvalue weighted by Crippen LogP contribution is 2.24. The molecule has 0 aliphatic heterocycles. The second kappa shape index (κ2) is 2.47. The van der Waals surface area contributed by atoms with E-state index < -0.39 is 0 Å². The average molecular weight is 166 g/mol. The van der Waals surface area contributed by atoms with Crippen molar-refractivity contribution in [3.63, 3.8) is 0 Å². The third kappa shape index (κ3) is 1.05. The van der Waals surface area contributed by atoms with Crippen LogP contribution < -0.4 is 4.74 Å². The molecule has 0 amide bonds. The summed E-state index contributed by atoms with van der Waals surface area (Å²) in [5.74, 6) is 0. The van der Waals surface area contributed by atoms with Crippen LogP contribution in [0.2, 0.25) is 0 Å². The lowest BCUT2D eigenvalue weighted by atomic mass is 10.5. The number of fused-ring (bicyclic) bond motifs is 1. The molecular weight excluding hydrogens is 160 g/mol. The van der Waals surface area contributed by atoms with Crippen molar-refractivity contribution in [2.45, 2.75) is 0 Å². The molecule has 0 fully saturated rings. The Morgan fingerprint density at radius 2 is 2.45 bits per heavy atom. The lowest BCUT2D eigenvalue weighted by Gasteiger charge is -1.84. The molecule has 0 radical (unpaired) electrons. The summed E-state index contributed by atoms with van der Waals surface area (Å²) in [7, 11) is 1.61. The monoisotopic (exact) mass is 166 g/mol. The lowest BCUT2D eigenvalue weighted by Crippen LogP contribution is -1.79. The second-order valence-corrected chi connectivity index (χ2v) is 3.00. The predicted molar refractivity (Wildman–Crippen MR) is 44.0 cm³/mol. The van der Waals surface area contributed by atoms with E-state index in [1.54, 1.807) is 13.3 Å². The van der Waals surface area contributed by atoms with Gasteiger partial charge in [-0.15, -0.1) is 0 Å². The molecule has 0 aliphatic carbocycles. The summed E-state index contributed by atoms with van der Waals surface area (Å²) in [6.07, 6.45) is 1.72. The van der Waals surface area contributed by atoms with Gasteiger partial charge >= 0.3 is 0 Å². The predicted octanol–water partition coefficient (Wildman–Crippen LogP) is 1.70. The maximum absolute atomic E-state index is 4.97. The van der Waals surface area contributed by atoms with Crippen LogP contribution in [0.1, 0.15) is 0 Å². The molecule has 11 heavy (non-hydrogen) atoms. The fraction of sp³-hybridized carbons (Fsp3) is 0.143. The van der Waals surface area contributed by atoms with Gasteiger partial charge in [-0.2, -0.15) is 4.98 Å². The number of hydrogen-bond acceptors (Lipinski definition) is 4. The van der Waals surface area contributed by atoms with E-state index in [4.69, 9.17) is 4.74 Å². The highest BCUT2D eigenvalue weighted by atomic mass is 32.1. The smallest absolute Gasteiger partial charge is 0.275 e. The van der Waals surface area contributed by atoms with E-state index in [0.717, 1.165) is 10.3 Å². The van der Waals surface area contributed by atoms with Gasteiger partial charge in [0.25, 0.3) is 5.19 Å². The van der Waals surface area contributed by atoms with E-state index >= 15 is 0 Å². The summed E-state index contributed by atoms with van der Waals surface area (Å²) >= 11 is 1.50. The maximum Gasteiger partial charge on any atom is 0.275 e. The van der Waals surface area contributed by atoms with Crippen molar-refractivity contribution in [1.82, 2.24) is 9.97 Å². The Bertz CT molecular complexity index is 338. The van der Waals surface area contributed by atoms with Gasteiger partial charge in [0.2, 0.25) is 0 Å². The molecule has 2 rings (SSSR count). The summed E-state index contributed by atoms with van der Waals surface area (Å²) < 4.78 is 6.03. The molecule has 2 aromatic heterocycles. The standard InChI is InChI=1S/C7H6N2OS/c1-10-7-9-6-5(11-7)3-2-4-8-6/h2-4H,1H3. The van der Waals surface area contributed by atoms with E-state index in [2.05, 4.69) is 9.97 Å². The normalized spacial score (nSPS) is 10.3. The van der Waals surface area contributed by atoms with Crippen LogP contribution in [0.5, 0.6) is 5.19 Å². The van der Waals surface area contributed by atoms with Crippen LogP contribution in [0.4, 0.5) is 0 Å². The van der Waals surface area contributed by atoms with Crippen molar-refractivity contribution >= 4 is 21.7 Å². The Kier molecular flexibility index (Phi) is 1.47. The number of ether oxygens (including phenoxy) is 1. The molecule has 0 saturated carbocycles. The highest BCUT2D eigenvalue weighted by Gasteiger charge is 2.01. The zero-order chi connectivity index (χ0) is 7.68. The van der Waals surface area contributed by atoms with E-state index in [9.17, 15) is 0 Å². The van der Waals surface area contributed by atoms with Crippen molar-refractivity contribution in [3.05, 3.63) is 18.3 Å². The highest BCUT2D eigenvalue weighted by molar-refractivity contribution is 7.20. The minimum absolute atomic E-state index is 0.665. The van der Waals surface area contributed by atoms with Gasteiger partial charge < -0.3 is 4.74 Å². The quantitative estimate of drug-likeness (QED) is 0.646. The average Bonchev–Trinajstić information content (AvgIpc) is 2.46. The molecule has 2 heterocycles. The Labute approximate surface area is 67.7 Å². The first-order valence-corrected chi connectivity index (χ1v) is 3.97. The number of hydrogen-bond donors (Lipinski definition) is 0. The largest absolute Gasteiger partial charge is 0.473 e. The van der Waals surface area contributed by atoms with Gasteiger partial charge in [0.05, 0.1) is 11.8 Å².